The summed E-state index contributed by atoms with van der Waals surface area (Å²) in [5, 5.41) is 24.2. The molecule has 3 fully saturated rings. The van der Waals surface area contributed by atoms with Gasteiger partial charge in [0.05, 0.1) is 36.8 Å². The lowest BCUT2D eigenvalue weighted by Gasteiger charge is -2.34. The maximum Gasteiger partial charge on any atom is 0.319 e. The summed E-state index contributed by atoms with van der Waals surface area (Å²) in [7, 11) is 1.26. The second-order valence-electron chi connectivity index (χ2n) is 11.7. The summed E-state index contributed by atoms with van der Waals surface area (Å²) in [6.45, 7) is 1.18. The molecule has 1 aromatic heterocycles. The zero-order valence-corrected chi connectivity index (χ0v) is 23.4. The number of phenols is 1. The van der Waals surface area contributed by atoms with E-state index in [1.54, 1.807) is 0 Å². The lowest BCUT2D eigenvalue weighted by Crippen LogP contribution is -2.51. The monoisotopic (exact) mass is 590 g/mol. The van der Waals surface area contributed by atoms with Crippen LogP contribution in [0.3, 0.4) is 0 Å². The third-order valence-corrected chi connectivity index (χ3v) is 8.93. The minimum absolute atomic E-state index is 0.0333. The van der Waals surface area contributed by atoms with E-state index in [-0.39, 0.29) is 76.0 Å². The number of hydrogen-bond donors (Lipinski definition) is 3. The number of piperazine rings is 1. The van der Waals surface area contributed by atoms with Crippen LogP contribution in [0, 0.1) is 35.2 Å². The van der Waals surface area contributed by atoms with Gasteiger partial charge in [-0.3, -0.25) is 0 Å². The van der Waals surface area contributed by atoms with Crippen molar-refractivity contribution in [2.24, 2.45) is 5.41 Å². The number of nitrogens with zero attached hydrogens (tertiary/aromatic N) is 3. The molecule has 1 saturated carbocycles. The first-order valence-corrected chi connectivity index (χ1v) is 14.2. The highest BCUT2D eigenvalue weighted by molar-refractivity contribution is 6.06. The molecule has 0 spiro atoms. The van der Waals surface area contributed by atoms with Gasteiger partial charge in [-0.15, -0.1) is 6.42 Å². The molecule has 2 aliphatic heterocycles. The summed E-state index contributed by atoms with van der Waals surface area (Å²) in [4.78, 5) is 11.0. The molecule has 2 unspecified atom stereocenters. The van der Waals surface area contributed by atoms with Gasteiger partial charge in [0.25, 0.3) is 0 Å². The van der Waals surface area contributed by atoms with Gasteiger partial charge in [-0.2, -0.15) is 9.97 Å². The fourth-order valence-corrected chi connectivity index (χ4v) is 6.43. The average Bonchev–Trinajstić information content (AvgIpc) is 3.72. The Bertz CT molecular complexity index is 1830. The lowest BCUT2D eigenvalue weighted by molar-refractivity contribution is 0.140. The van der Waals surface area contributed by atoms with E-state index in [1.807, 2.05) is 4.90 Å². The van der Waals surface area contributed by atoms with Crippen LogP contribution in [0.2, 0.25) is 0 Å². The Morgan fingerprint density at radius 3 is 2.49 bits per heavy atom. The van der Waals surface area contributed by atoms with Crippen molar-refractivity contribution in [3.63, 3.8) is 0 Å². The number of anilines is 1. The van der Waals surface area contributed by atoms with E-state index in [1.165, 1.54) is 19.2 Å². The Labute approximate surface area is 245 Å². The van der Waals surface area contributed by atoms with Gasteiger partial charge in [-0.25, -0.2) is 13.2 Å². The number of aromatic hydroxyl groups is 1. The summed E-state index contributed by atoms with van der Waals surface area (Å²) in [6, 6.07) is 5.25. The number of terminal acetylenes is 1. The van der Waals surface area contributed by atoms with E-state index in [4.69, 9.17) is 15.9 Å². The van der Waals surface area contributed by atoms with Gasteiger partial charge < -0.3 is 29.9 Å². The van der Waals surface area contributed by atoms with Gasteiger partial charge in [0.2, 0.25) is 0 Å². The van der Waals surface area contributed by atoms with Crippen LogP contribution in [0.15, 0.2) is 24.3 Å². The first-order valence-electron chi connectivity index (χ1n) is 14.2. The number of methoxy groups -OCH3 is 1. The fourth-order valence-electron chi connectivity index (χ4n) is 6.43. The van der Waals surface area contributed by atoms with E-state index < -0.39 is 28.4 Å². The molecule has 2 bridgehead atoms. The number of rotatable bonds is 7. The van der Waals surface area contributed by atoms with Crippen LogP contribution >= 0.6 is 0 Å². The summed E-state index contributed by atoms with van der Waals surface area (Å²) in [6.07, 6.45) is 9.12. The Kier molecular flexibility index (Phi) is 6.52. The Hall–Kier alpha value is -4.27. The number of hydrogen-bond acceptors (Lipinski definition) is 8. The number of benzene rings is 3. The highest BCUT2D eigenvalue weighted by Crippen LogP contribution is 2.48. The van der Waals surface area contributed by atoms with Crippen LogP contribution in [0.5, 0.6) is 17.5 Å². The first kappa shape index (κ1) is 27.6. The maximum absolute atomic E-state index is 16.8. The number of fused-ring (bicyclic) bond motifs is 4. The van der Waals surface area contributed by atoms with Crippen molar-refractivity contribution >= 4 is 27.5 Å². The molecular weight excluding hydrogens is 561 g/mol. The van der Waals surface area contributed by atoms with E-state index in [0.29, 0.717) is 18.5 Å². The largest absolute Gasteiger partial charge is 0.508 e. The van der Waals surface area contributed by atoms with E-state index in [2.05, 4.69) is 21.2 Å². The van der Waals surface area contributed by atoms with Gasteiger partial charge >= 0.3 is 6.01 Å². The number of aromatic nitrogens is 2. The SMILES string of the molecule is C#Cc1c(F)ccc2cc(O)cc(-c3c(F)c(OC)c4c(N5CC6CCC(C5)N6)nc(OCC5(CO)CC5)nc4c3F)c12. The van der Waals surface area contributed by atoms with Crippen LogP contribution in [0.4, 0.5) is 19.0 Å². The number of nitrogens with one attached hydrogen (secondary N) is 1. The Morgan fingerprint density at radius 1 is 1.09 bits per heavy atom. The van der Waals surface area contributed by atoms with Crippen LogP contribution in [0.1, 0.15) is 31.2 Å². The molecule has 3 aliphatic rings. The maximum atomic E-state index is 16.8. The van der Waals surface area contributed by atoms with Crippen LogP contribution in [-0.4, -0.2) is 65.7 Å². The predicted molar refractivity (Wildman–Crippen MR) is 155 cm³/mol. The summed E-state index contributed by atoms with van der Waals surface area (Å²) in [5.74, 6) is -0.934. The van der Waals surface area contributed by atoms with Gasteiger partial charge in [-0.1, -0.05) is 12.0 Å². The molecule has 1 aliphatic carbocycles. The number of halogens is 3. The number of phenolic OH excluding ortho intramolecular Hbond substituents is 1. The smallest absolute Gasteiger partial charge is 0.319 e. The van der Waals surface area contributed by atoms with E-state index in [0.717, 1.165) is 37.8 Å². The summed E-state index contributed by atoms with van der Waals surface area (Å²) < 4.78 is 59.7. The second-order valence-corrected chi connectivity index (χ2v) is 11.7. The third kappa shape index (κ3) is 4.48. The quantitative estimate of drug-likeness (QED) is 0.268. The highest BCUT2D eigenvalue weighted by Gasteiger charge is 2.43. The number of ether oxygens (including phenoxy) is 2. The molecule has 11 heteroatoms. The van der Waals surface area contributed by atoms with Crippen LogP contribution in [0.25, 0.3) is 32.8 Å². The van der Waals surface area contributed by atoms with Crippen LogP contribution in [-0.2, 0) is 0 Å². The van der Waals surface area contributed by atoms with Crippen LogP contribution < -0.4 is 19.7 Å². The molecule has 3 aromatic carbocycles. The fraction of sp³-hybridized carbons (Fsp3) is 0.375. The van der Waals surface area contributed by atoms with Gasteiger partial charge in [0.15, 0.2) is 17.4 Å². The van der Waals surface area contributed by atoms with Crippen molar-refractivity contribution in [3.05, 3.63) is 47.3 Å². The van der Waals surface area contributed by atoms with E-state index >= 15 is 8.78 Å². The normalized spacial score (nSPS) is 20.4. The third-order valence-electron chi connectivity index (χ3n) is 8.93. The molecule has 0 amide bonds. The molecule has 8 nitrogen and oxygen atoms in total. The molecule has 7 rings (SSSR count). The minimum Gasteiger partial charge on any atom is -0.508 e. The van der Waals surface area contributed by atoms with Gasteiger partial charge in [0, 0.05) is 41.5 Å². The van der Waals surface area contributed by atoms with Crippen molar-refractivity contribution in [3.8, 4) is 41.0 Å². The molecule has 4 aromatic rings. The molecule has 43 heavy (non-hydrogen) atoms. The second kappa shape index (κ2) is 10.2. The van der Waals surface area contributed by atoms with Crippen molar-refractivity contribution in [1.82, 2.24) is 15.3 Å². The molecule has 3 N–H and O–H groups in total. The zero-order valence-electron chi connectivity index (χ0n) is 23.4. The molecule has 3 heterocycles. The summed E-state index contributed by atoms with van der Waals surface area (Å²) >= 11 is 0. The van der Waals surface area contributed by atoms with E-state index in [9.17, 15) is 14.6 Å². The van der Waals surface area contributed by atoms with Crippen molar-refractivity contribution in [1.29, 1.82) is 0 Å². The standard InChI is InChI=1S/C32H29F3N4O4/c1-3-20-22(33)7-4-16-10-19(41)11-21(23(16)20)24-26(34)28-25(29(42-2)27(24)35)30(39-12-17-5-6-18(13-39)36-17)38-31(37-28)43-15-32(14-40)8-9-32/h1,4,7,10-11,17-18,36,40-41H,5-6,8-9,12-15H2,2H3. The van der Waals surface area contributed by atoms with Gasteiger partial charge in [0.1, 0.15) is 22.9 Å². The van der Waals surface area contributed by atoms with Crippen molar-refractivity contribution in [2.45, 2.75) is 37.8 Å². The molecular formula is C32H29F3N4O4. The predicted octanol–water partition coefficient (Wildman–Crippen LogP) is 4.65. The number of aliphatic hydroxyl groups excluding tert-OH is 1. The summed E-state index contributed by atoms with van der Waals surface area (Å²) in [5.41, 5.74) is -1.60. The first-order chi connectivity index (χ1) is 20.8. The topological polar surface area (TPSA) is 100.0 Å². The van der Waals surface area contributed by atoms with Crippen molar-refractivity contribution < 1.29 is 32.9 Å². The zero-order chi connectivity index (χ0) is 30.0. The van der Waals surface area contributed by atoms with Crippen molar-refractivity contribution in [2.75, 3.05) is 38.3 Å². The Balaban J connectivity index is 1.50. The average molecular weight is 591 g/mol. The molecule has 222 valence electrons. The highest BCUT2D eigenvalue weighted by atomic mass is 19.1. The lowest BCUT2D eigenvalue weighted by atomic mass is 9.92. The molecule has 0 radical (unpaired) electrons. The minimum atomic E-state index is -1.07. The van der Waals surface area contributed by atoms with Gasteiger partial charge in [-0.05, 0) is 49.3 Å². The number of aliphatic hydroxyl groups is 1. The molecule has 2 atom stereocenters. The molecule has 2 saturated heterocycles. The Morgan fingerprint density at radius 2 is 1.84 bits per heavy atom.